The standard InChI is InChI=1S/C7H12N4S2/c8-6-10-11-7(13-6)12-4-5-1-2-9-3-5/h5,9H,1-4H2,(H2,8,10). The van der Waals surface area contributed by atoms with E-state index in [2.05, 4.69) is 15.5 Å². The van der Waals surface area contributed by atoms with Gasteiger partial charge in [0.05, 0.1) is 0 Å². The van der Waals surface area contributed by atoms with Crippen LogP contribution in [0.2, 0.25) is 0 Å². The maximum absolute atomic E-state index is 5.48. The number of nitrogen functional groups attached to an aromatic ring is 1. The van der Waals surface area contributed by atoms with E-state index in [1.54, 1.807) is 11.8 Å². The molecule has 0 radical (unpaired) electrons. The van der Waals surface area contributed by atoms with E-state index in [0.717, 1.165) is 29.1 Å². The third-order valence-electron chi connectivity index (χ3n) is 2.03. The second-order valence-corrected chi connectivity index (χ2v) is 5.35. The van der Waals surface area contributed by atoms with Crippen molar-refractivity contribution in [3.05, 3.63) is 0 Å². The van der Waals surface area contributed by atoms with Gasteiger partial charge < -0.3 is 11.1 Å². The average molecular weight is 216 g/mol. The molecule has 0 saturated carbocycles. The molecule has 0 amide bonds. The van der Waals surface area contributed by atoms with Gasteiger partial charge in [-0.05, 0) is 25.4 Å². The highest BCUT2D eigenvalue weighted by Gasteiger charge is 2.15. The Bertz CT molecular complexity index is 269. The van der Waals surface area contributed by atoms with Gasteiger partial charge >= 0.3 is 0 Å². The highest BCUT2D eigenvalue weighted by atomic mass is 32.2. The summed E-state index contributed by atoms with van der Waals surface area (Å²) < 4.78 is 0.990. The summed E-state index contributed by atoms with van der Waals surface area (Å²) >= 11 is 3.23. The largest absolute Gasteiger partial charge is 0.374 e. The topological polar surface area (TPSA) is 63.8 Å². The minimum Gasteiger partial charge on any atom is -0.374 e. The van der Waals surface area contributed by atoms with E-state index in [1.165, 1.54) is 17.8 Å². The van der Waals surface area contributed by atoms with Gasteiger partial charge in [0.2, 0.25) is 5.13 Å². The second-order valence-electron chi connectivity index (χ2n) is 3.08. The molecule has 1 unspecified atom stereocenters. The van der Waals surface area contributed by atoms with E-state index in [0.29, 0.717) is 5.13 Å². The summed E-state index contributed by atoms with van der Waals surface area (Å²) in [4.78, 5) is 0. The number of nitrogens with one attached hydrogen (secondary N) is 1. The van der Waals surface area contributed by atoms with Crippen molar-refractivity contribution < 1.29 is 0 Å². The van der Waals surface area contributed by atoms with Gasteiger partial charge in [-0.15, -0.1) is 10.2 Å². The fourth-order valence-electron chi connectivity index (χ4n) is 1.32. The van der Waals surface area contributed by atoms with Gasteiger partial charge in [0.1, 0.15) is 0 Å². The summed E-state index contributed by atoms with van der Waals surface area (Å²) in [6.45, 7) is 2.30. The van der Waals surface area contributed by atoms with Gasteiger partial charge in [-0.25, -0.2) is 0 Å². The molecule has 6 heteroatoms. The number of hydrogen-bond acceptors (Lipinski definition) is 6. The molecule has 1 aliphatic rings. The van der Waals surface area contributed by atoms with Gasteiger partial charge in [-0.2, -0.15) is 0 Å². The SMILES string of the molecule is Nc1nnc(SCC2CCNC2)s1. The maximum Gasteiger partial charge on any atom is 0.203 e. The molecular formula is C7H12N4S2. The molecular weight excluding hydrogens is 204 g/mol. The van der Waals surface area contributed by atoms with E-state index < -0.39 is 0 Å². The van der Waals surface area contributed by atoms with E-state index in [-0.39, 0.29) is 0 Å². The normalized spacial score (nSPS) is 22.3. The fourth-order valence-corrected chi connectivity index (χ4v) is 3.12. The molecule has 1 atom stereocenters. The number of anilines is 1. The van der Waals surface area contributed by atoms with Crippen LogP contribution in [-0.2, 0) is 0 Å². The molecule has 72 valence electrons. The predicted octanol–water partition coefficient (Wildman–Crippen LogP) is 0.822. The van der Waals surface area contributed by atoms with Gasteiger partial charge in [-0.3, -0.25) is 0 Å². The molecule has 1 saturated heterocycles. The molecule has 0 aliphatic carbocycles. The van der Waals surface area contributed by atoms with E-state index in [4.69, 9.17) is 5.73 Å². The molecule has 0 aromatic carbocycles. The van der Waals surface area contributed by atoms with Crippen LogP contribution in [0.25, 0.3) is 0 Å². The van der Waals surface area contributed by atoms with Crippen molar-refractivity contribution >= 4 is 28.2 Å². The Morgan fingerprint density at radius 1 is 1.62 bits per heavy atom. The highest BCUT2D eigenvalue weighted by molar-refractivity contribution is 8.01. The van der Waals surface area contributed by atoms with Crippen LogP contribution in [0, 0.1) is 5.92 Å². The highest BCUT2D eigenvalue weighted by Crippen LogP contribution is 2.26. The van der Waals surface area contributed by atoms with Gasteiger partial charge in [0.15, 0.2) is 4.34 Å². The number of hydrogen-bond donors (Lipinski definition) is 2. The molecule has 1 aliphatic heterocycles. The molecule has 4 nitrogen and oxygen atoms in total. The van der Waals surface area contributed by atoms with Crippen molar-refractivity contribution in [2.24, 2.45) is 5.92 Å². The van der Waals surface area contributed by atoms with Crippen LogP contribution >= 0.6 is 23.1 Å². The van der Waals surface area contributed by atoms with Gasteiger partial charge in [0, 0.05) is 5.75 Å². The van der Waals surface area contributed by atoms with Crippen molar-refractivity contribution in [2.75, 3.05) is 24.6 Å². The molecule has 13 heavy (non-hydrogen) atoms. The summed E-state index contributed by atoms with van der Waals surface area (Å²) in [7, 11) is 0. The molecule has 1 fully saturated rings. The Hall–Kier alpha value is -0.330. The van der Waals surface area contributed by atoms with Crippen LogP contribution in [-0.4, -0.2) is 29.0 Å². The monoisotopic (exact) mass is 216 g/mol. The minimum atomic E-state index is 0.562. The molecule has 2 heterocycles. The van der Waals surface area contributed by atoms with Crippen molar-refractivity contribution in [3.8, 4) is 0 Å². The third kappa shape index (κ3) is 2.55. The number of aromatic nitrogens is 2. The van der Waals surface area contributed by atoms with Crippen molar-refractivity contribution in [1.82, 2.24) is 15.5 Å². The lowest BCUT2D eigenvalue weighted by Crippen LogP contribution is -2.10. The first-order valence-corrected chi connectivity index (χ1v) is 6.07. The number of thioether (sulfide) groups is 1. The summed E-state index contributed by atoms with van der Waals surface area (Å²) in [5.41, 5.74) is 5.48. The minimum absolute atomic E-state index is 0.562. The van der Waals surface area contributed by atoms with Crippen molar-refractivity contribution in [2.45, 2.75) is 10.8 Å². The summed E-state index contributed by atoms with van der Waals surface area (Å²) in [6, 6.07) is 0. The van der Waals surface area contributed by atoms with Crippen molar-refractivity contribution in [3.63, 3.8) is 0 Å². The van der Waals surface area contributed by atoms with Crippen LogP contribution in [0.3, 0.4) is 0 Å². The molecule has 1 aromatic heterocycles. The number of rotatable bonds is 3. The Morgan fingerprint density at radius 3 is 3.15 bits per heavy atom. The first-order chi connectivity index (χ1) is 6.34. The second kappa shape index (κ2) is 4.26. The number of nitrogens with zero attached hydrogens (tertiary/aromatic N) is 2. The molecule has 2 rings (SSSR count). The molecule has 1 aromatic rings. The quantitative estimate of drug-likeness (QED) is 0.732. The van der Waals surface area contributed by atoms with E-state index in [9.17, 15) is 0 Å². The Morgan fingerprint density at radius 2 is 2.54 bits per heavy atom. The predicted molar refractivity (Wildman–Crippen MR) is 56.0 cm³/mol. The van der Waals surface area contributed by atoms with Crippen molar-refractivity contribution in [1.29, 1.82) is 0 Å². The Labute approximate surface area is 85.3 Å². The average Bonchev–Trinajstić information content (AvgIpc) is 2.71. The lowest BCUT2D eigenvalue weighted by molar-refractivity contribution is 0.662. The summed E-state index contributed by atoms with van der Waals surface area (Å²) in [5.74, 6) is 1.91. The lowest BCUT2D eigenvalue weighted by Gasteiger charge is -2.03. The smallest absolute Gasteiger partial charge is 0.203 e. The zero-order chi connectivity index (χ0) is 9.10. The zero-order valence-electron chi connectivity index (χ0n) is 7.19. The Kier molecular flexibility index (Phi) is 3.02. The first-order valence-electron chi connectivity index (χ1n) is 4.27. The first kappa shape index (κ1) is 9.23. The van der Waals surface area contributed by atoms with Gasteiger partial charge in [0.25, 0.3) is 0 Å². The molecule has 0 bridgehead atoms. The van der Waals surface area contributed by atoms with Crippen LogP contribution in [0.4, 0.5) is 5.13 Å². The Balaban J connectivity index is 1.78. The van der Waals surface area contributed by atoms with Gasteiger partial charge in [-0.1, -0.05) is 23.1 Å². The van der Waals surface area contributed by atoms with E-state index in [1.807, 2.05) is 0 Å². The third-order valence-corrected chi connectivity index (χ3v) is 4.14. The summed E-state index contributed by atoms with van der Waals surface area (Å²) in [6.07, 6.45) is 1.28. The summed E-state index contributed by atoms with van der Waals surface area (Å²) in [5, 5.41) is 11.6. The molecule has 3 N–H and O–H groups in total. The van der Waals surface area contributed by atoms with Crippen LogP contribution in [0.15, 0.2) is 4.34 Å². The fraction of sp³-hybridized carbons (Fsp3) is 0.714. The van der Waals surface area contributed by atoms with Crippen LogP contribution in [0.1, 0.15) is 6.42 Å². The lowest BCUT2D eigenvalue weighted by atomic mass is 10.2. The number of nitrogens with two attached hydrogens (primary N) is 1. The molecule has 0 spiro atoms. The van der Waals surface area contributed by atoms with Crippen LogP contribution in [0.5, 0.6) is 0 Å². The maximum atomic E-state index is 5.48. The zero-order valence-corrected chi connectivity index (χ0v) is 8.83. The van der Waals surface area contributed by atoms with Crippen LogP contribution < -0.4 is 11.1 Å². The van der Waals surface area contributed by atoms with E-state index >= 15 is 0 Å².